The summed E-state index contributed by atoms with van der Waals surface area (Å²) in [5.74, 6) is 0. The summed E-state index contributed by atoms with van der Waals surface area (Å²) >= 11 is 5.84. The van der Waals surface area contributed by atoms with Crippen molar-refractivity contribution in [1.29, 1.82) is 0 Å². The van der Waals surface area contributed by atoms with Crippen molar-refractivity contribution in [2.75, 3.05) is 17.6 Å². The average Bonchev–Trinajstić information content (AvgIpc) is 2.33. The highest BCUT2D eigenvalue weighted by Gasteiger charge is 2.14. The van der Waals surface area contributed by atoms with Gasteiger partial charge in [-0.2, -0.15) is 0 Å². The van der Waals surface area contributed by atoms with E-state index in [1.54, 1.807) is 0 Å². The normalized spacial score (nSPS) is 14.6. The van der Waals surface area contributed by atoms with Crippen molar-refractivity contribution in [1.82, 2.24) is 0 Å². The molecule has 0 fully saturated rings. The van der Waals surface area contributed by atoms with E-state index in [9.17, 15) is 0 Å². The Morgan fingerprint density at radius 2 is 2.18 bits per heavy atom. The molecule has 1 rings (SSSR count). The second kappa shape index (κ2) is 8.45. The monoisotopic (exact) mass is 412 g/mol. The molecule has 0 spiro atoms. The van der Waals surface area contributed by atoms with Crippen molar-refractivity contribution in [3.05, 3.63) is 34.3 Å². The number of hydrogen-bond acceptors (Lipinski definition) is 2. The Morgan fingerprint density at radius 1 is 1.41 bits per heavy atom. The number of hydrogen-bond donors (Lipinski definition) is 0. The van der Waals surface area contributed by atoms with Gasteiger partial charge < -0.3 is 9.47 Å². The van der Waals surface area contributed by atoms with Crippen LogP contribution in [0.1, 0.15) is 25.5 Å². The minimum absolute atomic E-state index is 0.119. The number of ether oxygens (including phenoxy) is 2. The summed E-state index contributed by atoms with van der Waals surface area (Å²) in [7, 11) is 0. The molecule has 96 valence electrons. The van der Waals surface area contributed by atoms with Crippen LogP contribution < -0.4 is 0 Å². The highest BCUT2D eigenvalue weighted by Crippen LogP contribution is 2.24. The molecular formula is C13H18BrIO2. The highest BCUT2D eigenvalue weighted by molar-refractivity contribution is 14.1. The lowest BCUT2D eigenvalue weighted by molar-refractivity contribution is -0.0377. The van der Waals surface area contributed by atoms with Crippen LogP contribution in [0.4, 0.5) is 0 Å². The lowest BCUT2D eigenvalue weighted by Gasteiger charge is -2.21. The van der Waals surface area contributed by atoms with Crippen molar-refractivity contribution < 1.29 is 9.47 Å². The third kappa shape index (κ3) is 5.68. The average molecular weight is 413 g/mol. The second-order valence-electron chi connectivity index (χ2n) is 3.80. The lowest BCUT2D eigenvalue weighted by atomic mass is 10.1. The molecular weight excluding hydrogens is 395 g/mol. The van der Waals surface area contributed by atoms with E-state index in [0.717, 1.165) is 15.5 Å². The topological polar surface area (TPSA) is 18.5 Å². The van der Waals surface area contributed by atoms with Crippen LogP contribution in [0.15, 0.2) is 28.7 Å². The van der Waals surface area contributed by atoms with Crippen LogP contribution >= 0.6 is 38.5 Å². The maximum atomic E-state index is 5.99. The predicted molar refractivity (Wildman–Crippen MR) is 82.8 cm³/mol. The summed E-state index contributed by atoms with van der Waals surface area (Å²) in [4.78, 5) is 0. The fraction of sp³-hybridized carbons (Fsp3) is 0.538. The van der Waals surface area contributed by atoms with Crippen molar-refractivity contribution in [3.63, 3.8) is 0 Å². The van der Waals surface area contributed by atoms with E-state index in [1.807, 2.05) is 26.0 Å². The predicted octanol–water partition coefficient (Wildman–Crippen LogP) is 4.37. The highest BCUT2D eigenvalue weighted by atomic mass is 127. The van der Waals surface area contributed by atoms with Crippen LogP contribution in [-0.2, 0) is 9.47 Å². The minimum Gasteiger partial charge on any atom is -0.379 e. The molecule has 0 heterocycles. The summed E-state index contributed by atoms with van der Waals surface area (Å²) in [6.07, 6.45) is 0.247. The molecule has 0 saturated heterocycles. The van der Waals surface area contributed by atoms with Gasteiger partial charge in [-0.15, -0.1) is 0 Å². The molecule has 0 saturated carbocycles. The van der Waals surface area contributed by atoms with Crippen LogP contribution in [-0.4, -0.2) is 23.7 Å². The minimum atomic E-state index is 0.119. The van der Waals surface area contributed by atoms with Gasteiger partial charge in [0.2, 0.25) is 0 Å². The maximum Gasteiger partial charge on any atom is 0.0919 e. The third-order valence-electron chi connectivity index (χ3n) is 2.31. The van der Waals surface area contributed by atoms with E-state index in [1.165, 1.54) is 5.56 Å². The van der Waals surface area contributed by atoms with Gasteiger partial charge >= 0.3 is 0 Å². The Kier molecular flexibility index (Phi) is 7.66. The van der Waals surface area contributed by atoms with E-state index in [-0.39, 0.29) is 12.2 Å². The smallest absolute Gasteiger partial charge is 0.0919 e. The Bertz CT molecular complexity index is 333. The molecule has 0 amide bonds. The molecule has 0 aliphatic heterocycles. The van der Waals surface area contributed by atoms with Gasteiger partial charge in [0.1, 0.15) is 0 Å². The summed E-state index contributed by atoms with van der Waals surface area (Å²) in [5.41, 5.74) is 1.21. The summed E-state index contributed by atoms with van der Waals surface area (Å²) in [6.45, 7) is 5.43. The molecule has 1 aromatic rings. The van der Waals surface area contributed by atoms with Gasteiger partial charge in [0.05, 0.1) is 18.8 Å². The van der Waals surface area contributed by atoms with Gasteiger partial charge in [0.25, 0.3) is 0 Å². The zero-order valence-corrected chi connectivity index (χ0v) is 13.9. The van der Waals surface area contributed by atoms with Gasteiger partial charge in [-0.05, 0) is 31.5 Å². The fourth-order valence-electron chi connectivity index (χ4n) is 1.51. The molecule has 2 nitrogen and oxygen atoms in total. The van der Waals surface area contributed by atoms with E-state index in [4.69, 9.17) is 9.47 Å². The number of alkyl halides is 1. The first-order valence-corrected chi connectivity index (χ1v) is 8.03. The third-order valence-corrected chi connectivity index (χ3v) is 3.61. The first-order chi connectivity index (χ1) is 8.17. The van der Waals surface area contributed by atoms with Crippen LogP contribution in [0, 0.1) is 0 Å². The van der Waals surface area contributed by atoms with Gasteiger partial charge in [0.15, 0.2) is 0 Å². The molecule has 0 radical (unpaired) electrons. The van der Waals surface area contributed by atoms with Gasteiger partial charge in [-0.3, -0.25) is 0 Å². The molecule has 2 atom stereocenters. The Morgan fingerprint density at radius 3 is 2.76 bits per heavy atom. The number of halogens is 2. The van der Waals surface area contributed by atoms with Gasteiger partial charge in [-0.1, -0.05) is 50.7 Å². The zero-order valence-electron chi connectivity index (χ0n) is 10.2. The van der Waals surface area contributed by atoms with Crippen molar-refractivity contribution >= 4 is 38.5 Å². The zero-order chi connectivity index (χ0) is 12.7. The van der Waals surface area contributed by atoms with Crippen molar-refractivity contribution in [2.45, 2.75) is 26.1 Å². The van der Waals surface area contributed by atoms with Gasteiger partial charge in [0, 0.05) is 15.5 Å². The summed E-state index contributed by atoms with van der Waals surface area (Å²) < 4.78 is 13.4. The summed E-state index contributed by atoms with van der Waals surface area (Å²) in [5, 5.41) is 0. The first-order valence-electron chi connectivity index (χ1n) is 5.72. The molecule has 0 N–H and O–H groups in total. The molecule has 0 bridgehead atoms. The quantitative estimate of drug-likeness (QED) is 0.489. The number of rotatable bonds is 7. The summed E-state index contributed by atoms with van der Waals surface area (Å²) in [6, 6.07) is 8.27. The fourth-order valence-corrected chi connectivity index (χ4v) is 2.65. The van der Waals surface area contributed by atoms with E-state index in [2.05, 4.69) is 50.7 Å². The number of benzene rings is 1. The van der Waals surface area contributed by atoms with Crippen LogP contribution in [0.25, 0.3) is 0 Å². The largest absolute Gasteiger partial charge is 0.379 e. The molecule has 0 aliphatic rings. The van der Waals surface area contributed by atoms with Crippen molar-refractivity contribution in [2.24, 2.45) is 0 Å². The Labute approximate surface area is 125 Å². The SMILES string of the molecule is CCOCC(C)OC(CI)c1cccc(Br)c1. The van der Waals surface area contributed by atoms with Crippen LogP contribution in [0.3, 0.4) is 0 Å². The standard InChI is InChI=1S/C13H18BrIO2/c1-3-16-9-10(2)17-13(8-15)11-5-4-6-12(14)7-11/h4-7,10,13H,3,8-9H2,1-2H3. The molecule has 4 heteroatoms. The lowest BCUT2D eigenvalue weighted by Crippen LogP contribution is -2.20. The Hall–Kier alpha value is 0.350. The molecule has 0 aliphatic carbocycles. The second-order valence-corrected chi connectivity index (χ2v) is 5.60. The molecule has 0 aromatic heterocycles. The van der Waals surface area contributed by atoms with Crippen LogP contribution in [0.5, 0.6) is 0 Å². The first kappa shape index (κ1) is 15.4. The molecule has 1 aromatic carbocycles. The molecule has 2 unspecified atom stereocenters. The van der Waals surface area contributed by atoms with Gasteiger partial charge in [-0.25, -0.2) is 0 Å². The maximum absolute atomic E-state index is 5.99. The molecule has 17 heavy (non-hydrogen) atoms. The van der Waals surface area contributed by atoms with E-state index >= 15 is 0 Å². The van der Waals surface area contributed by atoms with E-state index in [0.29, 0.717) is 6.61 Å². The van der Waals surface area contributed by atoms with Crippen molar-refractivity contribution in [3.8, 4) is 0 Å². The van der Waals surface area contributed by atoms with Crippen LogP contribution in [0.2, 0.25) is 0 Å². The van der Waals surface area contributed by atoms with E-state index < -0.39 is 0 Å². The Balaban J connectivity index is 2.59.